The lowest BCUT2D eigenvalue weighted by atomic mass is 10.2. The molecule has 0 fully saturated rings. The lowest BCUT2D eigenvalue weighted by Gasteiger charge is -2.09. The number of esters is 1. The van der Waals surface area contributed by atoms with E-state index in [1.807, 2.05) is 31.2 Å². The summed E-state index contributed by atoms with van der Waals surface area (Å²) < 4.78 is 4.42. The maximum atomic E-state index is 12.2. The first-order valence-electron chi connectivity index (χ1n) is 10.8. The second kappa shape index (κ2) is 15.7. The summed E-state index contributed by atoms with van der Waals surface area (Å²) in [5, 5.41) is 7.85. The minimum atomic E-state index is -0.792. The third-order valence-corrected chi connectivity index (χ3v) is 5.88. The second-order valence-electron chi connectivity index (χ2n) is 7.46. The van der Waals surface area contributed by atoms with E-state index in [1.54, 1.807) is 12.3 Å². The monoisotopic (exact) mass is 563 g/mol. The van der Waals surface area contributed by atoms with Gasteiger partial charge in [-0.2, -0.15) is 0 Å². The standard InChI is InChI=1S/C18H17N3O4S.C7H13BrO/c1-10-5-7-13(8-6-10)17-21-14(9-26-17)16(23)19-11(2)15(22)20-12(3)18(24)25-4;1-7(9)5-3-2-4-6-8/h5-9H,2-3H2,1,4H3,(H,19,23)(H,20,22);2-6H2,1H3. The molecule has 0 saturated heterocycles. The van der Waals surface area contributed by atoms with Crippen LogP contribution in [0.5, 0.6) is 0 Å². The van der Waals surface area contributed by atoms with E-state index in [0.29, 0.717) is 10.8 Å². The van der Waals surface area contributed by atoms with E-state index < -0.39 is 17.8 Å². The predicted octanol–water partition coefficient (Wildman–Crippen LogP) is 4.70. The first-order valence-corrected chi connectivity index (χ1v) is 12.8. The Kier molecular flexibility index (Phi) is 13.4. The van der Waals surface area contributed by atoms with Crippen LogP contribution < -0.4 is 10.6 Å². The number of methoxy groups -OCH3 is 1. The number of ketones is 1. The fraction of sp³-hybridized carbons (Fsp3) is 0.320. The van der Waals surface area contributed by atoms with Crippen molar-refractivity contribution in [3.63, 3.8) is 0 Å². The van der Waals surface area contributed by atoms with Crippen molar-refractivity contribution in [1.29, 1.82) is 0 Å². The Hall–Kier alpha value is -3.11. The molecule has 0 spiro atoms. The van der Waals surface area contributed by atoms with Gasteiger partial charge in [-0.15, -0.1) is 11.3 Å². The van der Waals surface area contributed by atoms with Gasteiger partial charge in [0.15, 0.2) is 0 Å². The van der Waals surface area contributed by atoms with Gasteiger partial charge in [-0.1, -0.05) is 65.3 Å². The maximum Gasteiger partial charge on any atom is 0.353 e. The molecule has 188 valence electrons. The van der Waals surface area contributed by atoms with Crippen LogP contribution in [0.1, 0.15) is 48.7 Å². The summed E-state index contributed by atoms with van der Waals surface area (Å²) in [6.45, 7) is 10.5. The van der Waals surface area contributed by atoms with Gasteiger partial charge < -0.3 is 20.2 Å². The average molecular weight is 565 g/mol. The first-order chi connectivity index (χ1) is 16.6. The molecule has 0 saturated carbocycles. The zero-order chi connectivity index (χ0) is 26.4. The van der Waals surface area contributed by atoms with Crippen molar-refractivity contribution < 1.29 is 23.9 Å². The molecule has 0 atom stereocenters. The highest BCUT2D eigenvalue weighted by Gasteiger charge is 2.18. The van der Waals surface area contributed by atoms with Crippen LogP contribution in [-0.2, 0) is 19.1 Å². The number of thiazole rings is 1. The van der Waals surface area contributed by atoms with Gasteiger partial charge in [0.1, 0.15) is 22.2 Å². The zero-order valence-corrected chi connectivity index (χ0v) is 22.5. The van der Waals surface area contributed by atoms with Crippen molar-refractivity contribution in [2.75, 3.05) is 12.4 Å². The fourth-order valence-corrected chi connectivity index (χ4v) is 3.70. The van der Waals surface area contributed by atoms with E-state index in [9.17, 15) is 19.2 Å². The zero-order valence-electron chi connectivity index (χ0n) is 20.1. The van der Waals surface area contributed by atoms with Gasteiger partial charge in [0.05, 0.1) is 12.8 Å². The SMILES string of the molecule is C=C(NC(=O)c1csc(-c2ccc(C)cc2)n1)C(=O)NC(=C)C(=O)OC.CC(=O)CCCCCBr. The molecule has 2 amide bonds. The number of unbranched alkanes of at least 4 members (excludes halogenated alkanes) is 2. The van der Waals surface area contributed by atoms with Crippen molar-refractivity contribution >= 4 is 50.8 Å². The molecule has 2 N–H and O–H groups in total. The number of carbonyl (C=O) groups excluding carboxylic acids is 4. The quantitative estimate of drug-likeness (QED) is 0.177. The number of halogens is 1. The average Bonchev–Trinajstić information content (AvgIpc) is 3.32. The first kappa shape index (κ1) is 29.9. The highest BCUT2D eigenvalue weighted by Crippen LogP contribution is 2.24. The molecule has 2 aromatic rings. The van der Waals surface area contributed by atoms with Crippen LogP contribution in [0, 0.1) is 6.92 Å². The summed E-state index contributed by atoms with van der Waals surface area (Å²) in [4.78, 5) is 50.0. The molecule has 1 aromatic carbocycles. The number of rotatable bonds is 11. The number of alkyl halides is 1. The van der Waals surface area contributed by atoms with Gasteiger partial charge in [-0.3, -0.25) is 9.59 Å². The number of benzene rings is 1. The van der Waals surface area contributed by atoms with E-state index in [-0.39, 0.29) is 17.1 Å². The van der Waals surface area contributed by atoms with Crippen LogP contribution in [-0.4, -0.2) is 41.0 Å². The third kappa shape index (κ3) is 11.2. The highest BCUT2D eigenvalue weighted by molar-refractivity contribution is 9.09. The van der Waals surface area contributed by atoms with E-state index in [4.69, 9.17) is 0 Å². The highest BCUT2D eigenvalue weighted by atomic mass is 79.9. The van der Waals surface area contributed by atoms with Crippen molar-refractivity contribution in [1.82, 2.24) is 15.6 Å². The molecule has 2 rings (SSSR count). The lowest BCUT2D eigenvalue weighted by molar-refractivity contribution is -0.137. The Balaban J connectivity index is 0.000000579. The molecule has 0 aliphatic heterocycles. The third-order valence-electron chi connectivity index (χ3n) is 4.43. The summed E-state index contributed by atoms with van der Waals surface area (Å²) in [5.41, 5.74) is 1.67. The molecular formula is C25H30BrN3O5S. The minimum Gasteiger partial charge on any atom is -0.464 e. The van der Waals surface area contributed by atoms with E-state index >= 15 is 0 Å². The molecule has 1 heterocycles. The number of aryl methyl sites for hydroxylation is 1. The Labute approximate surface area is 218 Å². The number of amides is 2. The number of aromatic nitrogens is 1. The van der Waals surface area contributed by atoms with Crippen LogP contribution in [0.2, 0.25) is 0 Å². The van der Waals surface area contributed by atoms with Crippen LogP contribution in [0.4, 0.5) is 0 Å². The van der Waals surface area contributed by atoms with E-state index in [1.165, 1.54) is 24.2 Å². The number of nitrogens with zero attached hydrogens (tertiary/aromatic N) is 1. The molecule has 0 aliphatic carbocycles. The van der Waals surface area contributed by atoms with Gasteiger partial charge in [0.25, 0.3) is 11.8 Å². The molecule has 8 nitrogen and oxygen atoms in total. The Morgan fingerprint density at radius 1 is 1.03 bits per heavy atom. The molecular weight excluding hydrogens is 534 g/mol. The summed E-state index contributed by atoms with van der Waals surface area (Å²) in [6, 6.07) is 7.75. The largest absolute Gasteiger partial charge is 0.464 e. The summed E-state index contributed by atoms with van der Waals surface area (Å²) in [7, 11) is 1.16. The fourth-order valence-electron chi connectivity index (χ4n) is 2.50. The minimum absolute atomic E-state index is 0.159. The number of ether oxygens (including phenoxy) is 1. The molecule has 35 heavy (non-hydrogen) atoms. The summed E-state index contributed by atoms with van der Waals surface area (Å²) in [6.07, 6.45) is 4.17. The van der Waals surface area contributed by atoms with E-state index in [0.717, 1.165) is 36.4 Å². The number of hydrogen-bond acceptors (Lipinski definition) is 7. The van der Waals surface area contributed by atoms with Crippen molar-refractivity contribution in [2.45, 2.75) is 39.5 Å². The van der Waals surface area contributed by atoms with Crippen molar-refractivity contribution in [2.24, 2.45) is 0 Å². The lowest BCUT2D eigenvalue weighted by Crippen LogP contribution is -2.35. The van der Waals surface area contributed by atoms with Crippen LogP contribution in [0.25, 0.3) is 10.6 Å². The van der Waals surface area contributed by atoms with Gasteiger partial charge in [-0.05, 0) is 26.7 Å². The topological polar surface area (TPSA) is 114 Å². The van der Waals surface area contributed by atoms with Gasteiger partial charge >= 0.3 is 5.97 Å². The number of hydrogen-bond donors (Lipinski definition) is 2. The number of nitrogens with one attached hydrogen (secondary N) is 2. The molecule has 10 heteroatoms. The molecule has 0 unspecified atom stereocenters. The van der Waals surface area contributed by atoms with Crippen molar-refractivity contribution in [3.05, 3.63) is 65.5 Å². The smallest absolute Gasteiger partial charge is 0.353 e. The van der Waals surface area contributed by atoms with Gasteiger partial charge in [-0.25, -0.2) is 9.78 Å². The second-order valence-corrected chi connectivity index (χ2v) is 9.11. The van der Waals surface area contributed by atoms with Gasteiger partial charge in [0, 0.05) is 22.7 Å². The maximum absolute atomic E-state index is 12.2. The molecule has 0 aliphatic rings. The number of Topliss-reactive ketones (excluding diaryl/α,β-unsaturated/α-hetero) is 1. The predicted molar refractivity (Wildman–Crippen MR) is 141 cm³/mol. The summed E-state index contributed by atoms with van der Waals surface area (Å²) in [5.74, 6) is -1.84. The van der Waals surface area contributed by atoms with Crippen LogP contribution in [0.15, 0.2) is 54.2 Å². The normalized spacial score (nSPS) is 9.83. The van der Waals surface area contributed by atoms with Crippen molar-refractivity contribution in [3.8, 4) is 10.6 Å². The molecule has 0 bridgehead atoms. The Morgan fingerprint density at radius 3 is 2.26 bits per heavy atom. The summed E-state index contributed by atoms with van der Waals surface area (Å²) >= 11 is 4.64. The van der Waals surface area contributed by atoms with Crippen LogP contribution in [0.3, 0.4) is 0 Å². The Bertz CT molecular complexity index is 1060. The molecule has 1 aromatic heterocycles. The number of carbonyl (C=O) groups is 4. The van der Waals surface area contributed by atoms with E-state index in [2.05, 4.69) is 49.4 Å². The van der Waals surface area contributed by atoms with Gasteiger partial charge in [0.2, 0.25) is 0 Å². The molecule has 0 radical (unpaired) electrons. The Morgan fingerprint density at radius 2 is 1.69 bits per heavy atom. The van der Waals surface area contributed by atoms with Crippen LogP contribution >= 0.6 is 27.3 Å².